The van der Waals surface area contributed by atoms with Crippen molar-refractivity contribution in [3.05, 3.63) is 75.3 Å². The molecule has 45 heavy (non-hydrogen) atoms. The largest absolute Gasteiger partial charge is 0.478 e. The van der Waals surface area contributed by atoms with E-state index in [2.05, 4.69) is 20.2 Å². The Labute approximate surface area is 256 Å². The van der Waals surface area contributed by atoms with Gasteiger partial charge < -0.3 is 15.1 Å². The van der Waals surface area contributed by atoms with Gasteiger partial charge in [-0.2, -0.15) is 17.9 Å². The third-order valence-corrected chi connectivity index (χ3v) is 8.60. The molecular formula is C25H22ClF3N8O7S. The lowest BCUT2D eigenvalue weighted by molar-refractivity contribution is -0.207. The number of amides is 1. The van der Waals surface area contributed by atoms with Crippen molar-refractivity contribution in [3.8, 4) is 17.2 Å². The fraction of sp³-hybridized carbons (Fsp3) is 0.320. The quantitative estimate of drug-likeness (QED) is 0.270. The summed E-state index contributed by atoms with van der Waals surface area (Å²) in [6.45, 7) is -2.15. The molecule has 1 aromatic carbocycles. The third-order valence-electron chi connectivity index (χ3n) is 6.74. The van der Waals surface area contributed by atoms with E-state index in [1.807, 2.05) is 0 Å². The molecule has 4 heterocycles. The number of aromatic nitrogens is 7. The van der Waals surface area contributed by atoms with E-state index in [1.165, 1.54) is 47.5 Å². The number of carboxylic acids is 1. The lowest BCUT2D eigenvalue weighted by Crippen LogP contribution is -2.44. The van der Waals surface area contributed by atoms with Crippen LogP contribution in [0, 0.1) is 0 Å². The van der Waals surface area contributed by atoms with Gasteiger partial charge in [0, 0.05) is 29.9 Å². The van der Waals surface area contributed by atoms with Crippen LogP contribution in [-0.4, -0.2) is 106 Å². The molecule has 1 aliphatic heterocycles. The Morgan fingerprint density at radius 3 is 2.36 bits per heavy atom. The van der Waals surface area contributed by atoms with E-state index in [0.717, 1.165) is 4.68 Å². The van der Waals surface area contributed by atoms with E-state index in [-0.39, 0.29) is 53.2 Å². The van der Waals surface area contributed by atoms with Crippen molar-refractivity contribution < 1.29 is 41.4 Å². The van der Waals surface area contributed by atoms with Crippen molar-refractivity contribution >= 4 is 33.3 Å². The summed E-state index contributed by atoms with van der Waals surface area (Å²) in [4.78, 5) is 48.1. The van der Waals surface area contributed by atoms with Gasteiger partial charge in [0.25, 0.3) is 5.91 Å². The summed E-state index contributed by atoms with van der Waals surface area (Å²) < 4.78 is 65.6. The highest BCUT2D eigenvalue weighted by Crippen LogP contribution is 2.24. The number of aliphatic hydroxyl groups is 1. The molecule has 238 valence electrons. The van der Waals surface area contributed by atoms with E-state index in [9.17, 15) is 46.2 Å². The smallest absolute Gasteiger partial charge is 0.416 e. The molecule has 0 radical (unpaired) electrons. The van der Waals surface area contributed by atoms with E-state index in [1.54, 1.807) is 0 Å². The van der Waals surface area contributed by atoms with Gasteiger partial charge >= 0.3 is 17.8 Å². The number of hydrogen-bond donors (Lipinski definition) is 2. The number of carbonyl (C=O) groups excluding carboxylic acids is 1. The van der Waals surface area contributed by atoms with Crippen LogP contribution >= 0.6 is 11.6 Å². The molecule has 15 nitrogen and oxygen atoms in total. The fourth-order valence-corrected chi connectivity index (χ4v) is 5.76. The van der Waals surface area contributed by atoms with E-state index in [0.29, 0.717) is 14.3 Å². The fourth-order valence-electron chi connectivity index (χ4n) is 4.43. The van der Waals surface area contributed by atoms with Gasteiger partial charge in [0.2, 0.25) is 5.82 Å². The number of benzene rings is 1. The SMILES string of the molecule is O=C(O)c1cccnc1-n1nc(Cn2nc(-c3ccc(Cl)cc3)n(CC(O)C(F)(F)F)c2=O)nc1C(=O)N1CCS(=O)(=O)CC1. The summed E-state index contributed by atoms with van der Waals surface area (Å²) in [5, 5.41) is 28.0. The molecule has 4 aromatic rings. The standard InChI is InChI=1S/C25H22ClF3N8O7S/c26-15-5-3-14(4-6-15)19-33-36(24(42)35(19)12-17(38)25(27,28)29)13-18-31-21(22(39)34-8-10-45(43,44)11-9-34)37(32-18)20-16(23(40)41)2-1-7-30-20/h1-7,17,38H,8-13H2,(H,40,41). The Morgan fingerprint density at radius 2 is 1.73 bits per heavy atom. The lowest BCUT2D eigenvalue weighted by atomic mass is 10.2. The number of alkyl halides is 3. The summed E-state index contributed by atoms with van der Waals surface area (Å²) in [7, 11) is -3.37. The van der Waals surface area contributed by atoms with Gasteiger partial charge in [0.05, 0.1) is 18.1 Å². The highest BCUT2D eigenvalue weighted by atomic mass is 35.5. The molecule has 1 saturated heterocycles. The molecule has 2 N–H and O–H groups in total. The summed E-state index contributed by atoms with van der Waals surface area (Å²) in [6.07, 6.45) is -6.72. The molecule has 20 heteroatoms. The average Bonchev–Trinajstić information content (AvgIpc) is 3.54. The van der Waals surface area contributed by atoms with E-state index < -0.39 is 58.6 Å². The first-order chi connectivity index (χ1) is 21.1. The number of aliphatic hydroxyl groups excluding tert-OH is 1. The number of hydrogen-bond acceptors (Lipinski definition) is 10. The monoisotopic (exact) mass is 670 g/mol. The molecule has 1 aliphatic rings. The van der Waals surface area contributed by atoms with Gasteiger partial charge in [-0.15, -0.1) is 10.2 Å². The number of rotatable bonds is 8. The number of nitrogens with zero attached hydrogens (tertiary/aromatic N) is 8. The van der Waals surface area contributed by atoms with Gasteiger partial charge in [0.1, 0.15) is 12.1 Å². The van der Waals surface area contributed by atoms with Crippen LogP contribution in [0.15, 0.2) is 47.4 Å². The summed E-state index contributed by atoms with van der Waals surface area (Å²) in [5.74, 6) is -4.14. The molecule has 0 spiro atoms. The molecule has 1 atom stereocenters. The first-order valence-electron chi connectivity index (χ1n) is 13.0. The van der Waals surface area contributed by atoms with Crippen molar-refractivity contribution in [2.75, 3.05) is 24.6 Å². The summed E-state index contributed by atoms with van der Waals surface area (Å²) in [6, 6.07) is 8.19. The second-order valence-corrected chi connectivity index (χ2v) is 12.6. The number of pyridine rings is 1. The normalized spacial score (nSPS) is 15.6. The summed E-state index contributed by atoms with van der Waals surface area (Å²) >= 11 is 5.92. The predicted octanol–water partition coefficient (Wildman–Crippen LogP) is 0.881. The second-order valence-electron chi connectivity index (χ2n) is 9.83. The highest BCUT2D eigenvalue weighted by molar-refractivity contribution is 7.91. The van der Waals surface area contributed by atoms with Crippen molar-refractivity contribution in [1.29, 1.82) is 0 Å². The molecule has 0 aliphatic carbocycles. The van der Waals surface area contributed by atoms with Crippen molar-refractivity contribution in [1.82, 2.24) is 39.0 Å². The first kappa shape index (κ1) is 31.8. The van der Waals surface area contributed by atoms with Crippen LogP contribution in [-0.2, 0) is 22.9 Å². The van der Waals surface area contributed by atoms with Gasteiger partial charge in [-0.05, 0) is 36.4 Å². The van der Waals surface area contributed by atoms with Gasteiger partial charge in [-0.25, -0.2) is 32.7 Å². The minimum atomic E-state index is -5.05. The molecular weight excluding hydrogens is 649 g/mol. The number of carboxylic acid groups (broad SMARTS) is 1. The zero-order valence-corrected chi connectivity index (χ0v) is 24.4. The third kappa shape index (κ3) is 6.74. The lowest BCUT2D eigenvalue weighted by Gasteiger charge is -2.26. The predicted molar refractivity (Wildman–Crippen MR) is 149 cm³/mol. The van der Waals surface area contributed by atoms with Crippen molar-refractivity contribution in [2.45, 2.75) is 25.4 Å². The zero-order valence-electron chi connectivity index (χ0n) is 22.8. The van der Waals surface area contributed by atoms with Crippen LogP contribution in [0.25, 0.3) is 17.2 Å². The van der Waals surface area contributed by atoms with E-state index >= 15 is 0 Å². The Kier molecular flexibility index (Phi) is 8.51. The number of halogens is 4. The van der Waals surface area contributed by atoms with Gasteiger partial charge in [-0.1, -0.05) is 11.6 Å². The Bertz CT molecular complexity index is 1930. The molecule has 5 rings (SSSR count). The van der Waals surface area contributed by atoms with Crippen LogP contribution in [0.1, 0.15) is 26.8 Å². The van der Waals surface area contributed by atoms with Crippen LogP contribution < -0.4 is 5.69 Å². The maximum absolute atomic E-state index is 13.5. The minimum Gasteiger partial charge on any atom is -0.478 e. The van der Waals surface area contributed by atoms with Crippen molar-refractivity contribution in [3.63, 3.8) is 0 Å². The number of carbonyl (C=O) groups is 2. The topological polar surface area (TPSA) is 195 Å². The van der Waals surface area contributed by atoms with Gasteiger partial charge in [0.15, 0.2) is 33.4 Å². The molecule has 3 aromatic heterocycles. The molecule has 1 unspecified atom stereocenters. The zero-order chi connectivity index (χ0) is 32.7. The Morgan fingerprint density at radius 1 is 1.07 bits per heavy atom. The molecule has 1 amide bonds. The maximum atomic E-state index is 13.5. The van der Waals surface area contributed by atoms with Gasteiger partial charge in [-0.3, -0.25) is 9.36 Å². The molecule has 0 bridgehead atoms. The van der Waals surface area contributed by atoms with Crippen LogP contribution in [0.4, 0.5) is 13.2 Å². The highest BCUT2D eigenvalue weighted by Gasteiger charge is 2.39. The van der Waals surface area contributed by atoms with Crippen LogP contribution in [0.2, 0.25) is 5.02 Å². The van der Waals surface area contributed by atoms with Crippen LogP contribution in [0.5, 0.6) is 0 Å². The average molecular weight is 671 g/mol. The Balaban J connectivity index is 1.59. The Hall–Kier alpha value is -4.62. The summed E-state index contributed by atoms with van der Waals surface area (Å²) in [5.41, 5.74) is -1.26. The first-order valence-corrected chi connectivity index (χ1v) is 15.2. The second kappa shape index (κ2) is 12.1. The van der Waals surface area contributed by atoms with Crippen molar-refractivity contribution in [2.24, 2.45) is 0 Å². The van der Waals surface area contributed by atoms with Crippen LogP contribution in [0.3, 0.4) is 0 Å². The minimum absolute atomic E-state index is 0.173. The maximum Gasteiger partial charge on any atom is 0.416 e. The number of sulfone groups is 1. The molecule has 0 saturated carbocycles. The van der Waals surface area contributed by atoms with E-state index in [4.69, 9.17) is 11.6 Å². The molecule has 1 fully saturated rings. The number of aromatic carboxylic acids is 1.